The van der Waals surface area contributed by atoms with Gasteiger partial charge in [0.05, 0.1) is 16.2 Å². The molecule has 0 aliphatic rings. The summed E-state index contributed by atoms with van der Waals surface area (Å²) in [5.74, 6) is 0. The molecule has 0 saturated carbocycles. The maximum atomic E-state index is 13.1. The molecular formula is C12H3F3IN5O2. The first-order valence-corrected chi connectivity index (χ1v) is 6.50. The van der Waals surface area contributed by atoms with E-state index in [1.54, 1.807) is 0 Å². The second kappa shape index (κ2) is 6.94. The average Bonchev–Trinajstić information content (AvgIpc) is 2.47. The van der Waals surface area contributed by atoms with Gasteiger partial charge in [0.1, 0.15) is 23.9 Å². The van der Waals surface area contributed by atoms with Crippen LogP contribution in [0.4, 0.5) is 24.5 Å². The van der Waals surface area contributed by atoms with Crippen molar-refractivity contribution in [2.24, 2.45) is 0 Å². The zero-order valence-corrected chi connectivity index (χ0v) is 12.9. The quantitative estimate of drug-likeness (QED) is 0.337. The van der Waals surface area contributed by atoms with Crippen LogP contribution in [-0.4, -0.2) is 4.92 Å². The first-order valence-electron chi connectivity index (χ1n) is 5.42. The molecule has 0 radical (unpaired) electrons. The van der Waals surface area contributed by atoms with Gasteiger partial charge < -0.3 is 5.32 Å². The zero-order chi connectivity index (χ0) is 17.8. The third kappa shape index (κ3) is 4.08. The van der Waals surface area contributed by atoms with Crippen LogP contribution in [0.15, 0.2) is 23.4 Å². The number of non-ortho nitro benzene ring substituents is 1. The number of nitro groups is 1. The van der Waals surface area contributed by atoms with E-state index in [0.29, 0.717) is 6.07 Å². The molecule has 1 N–H and O–H groups in total. The van der Waals surface area contributed by atoms with E-state index in [4.69, 9.17) is 15.8 Å². The van der Waals surface area contributed by atoms with Gasteiger partial charge in [0.2, 0.25) is 0 Å². The Kier molecular flexibility index (Phi) is 5.49. The monoisotopic (exact) mass is 433 g/mol. The maximum absolute atomic E-state index is 13.1. The van der Waals surface area contributed by atoms with Crippen LogP contribution >= 0.6 is 22.6 Å². The van der Waals surface area contributed by atoms with Crippen molar-refractivity contribution in [1.82, 2.24) is 0 Å². The Morgan fingerprint density at radius 3 is 2.17 bits per heavy atom. The van der Waals surface area contributed by atoms with Crippen molar-refractivity contribution in [3.8, 4) is 18.2 Å². The molecule has 7 nitrogen and oxygen atoms in total. The van der Waals surface area contributed by atoms with Crippen LogP contribution in [0.5, 0.6) is 0 Å². The number of hydrogen-bond donors (Lipinski definition) is 1. The Hall–Kier alpha value is -2.85. The summed E-state index contributed by atoms with van der Waals surface area (Å²) < 4.78 is 39.1. The summed E-state index contributed by atoms with van der Waals surface area (Å²) >= 11 is 1.42. The first-order chi connectivity index (χ1) is 10.6. The van der Waals surface area contributed by atoms with Gasteiger partial charge in [-0.15, -0.1) is 0 Å². The molecule has 0 aliphatic carbocycles. The Labute approximate surface area is 140 Å². The maximum Gasteiger partial charge on any atom is 0.418 e. The molecule has 0 saturated heterocycles. The fourth-order valence-corrected chi connectivity index (χ4v) is 2.20. The van der Waals surface area contributed by atoms with Crippen molar-refractivity contribution in [1.29, 1.82) is 15.8 Å². The highest BCUT2D eigenvalue weighted by Gasteiger charge is 2.37. The fourth-order valence-electron chi connectivity index (χ4n) is 1.46. The number of rotatable bonds is 3. The second-order valence-electron chi connectivity index (χ2n) is 3.82. The summed E-state index contributed by atoms with van der Waals surface area (Å²) in [6.45, 7) is 0. The molecule has 0 heterocycles. The predicted molar refractivity (Wildman–Crippen MR) is 78.3 cm³/mol. The molecular weight excluding hydrogens is 430 g/mol. The smallest absolute Gasteiger partial charge is 0.344 e. The first kappa shape index (κ1) is 18.2. The third-order valence-corrected chi connectivity index (χ3v) is 3.28. The molecule has 11 heteroatoms. The standard InChI is InChI=1S/C12H3F3IN5O2/c13-12(14,15)8-1-7(21(22)23)2-9(16)11(8)20-10(5-19)6(3-17)4-18/h1-2,20H. The van der Waals surface area contributed by atoms with Gasteiger partial charge in [-0.3, -0.25) is 10.1 Å². The highest BCUT2D eigenvalue weighted by molar-refractivity contribution is 14.1. The van der Waals surface area contributed by atoms with E-state index in [0.717, 1.165) is 6.07 Å². The highest BCUT2D eigenvalue weighted by atomic mass is 127. The number of alkyl halides is 3. The van der Waals surface area contributed by atoms with Crippen molar-refractivity contribution in [3.05, 3.63) is 42.7 Å². The van der Waals surface area contributed by atoms with Gasteiger partial charge in [0.25, 0.3) is 5.69 Å². The number of halogens is 4. The normalized spacial score (nSPS) is 9.96. The van der Waals surface area contributed by atoms with Gasteiger partial charge in [-0.1, -0.05) is 0 Å². The lowest BCUT2D eigenvalue weighted by Crippen LogP contribution is -2.13. The number of nitrogens with one attached hydrogen (secondary N) is 1. The molecule has 1 aromatic rings. The Morgan fingerprint density at radius 2 is 1.78 bits per heavy atom. The predicted octanol–water partition coefficient (Wildman–Crippen LogP) is 3.45. The highest BCUT2D eigenvalue weighted by Crippen LogP contribution is 2.40. The fraction of sp³-hybridized carbons (Fsp3) is 0.0833. The van der Waals surface area contributed by atoms with Crippen LogP contribution < -0.4 is 5.32 Å². The molecule has 1 rings (SSSR count). The summed E-state index contributed by atoms with van der Waals surface area (Å²) in [7, 11) is 0. The number of anilines is 1. The Bertz CT molecular complexity index is 811. The van der Waals surface area contributed by atoms with E-state index in [1.165, 1.54) is 40.8 Å². The van der Waals surface area contributed by atoms with E-state index < -0.39 is 39.3 Å². The Morgan fingerprint density at radius 1 is 1.22 bits per heavy atom. The zero-order valence-electron chi connectivity index (χ0n) is 10.8. The summed E-state index contributed by atoms with van der Waals surface area (Å²) in [5, 5.41) is 39.0. The lowest BCUT2D eigenvalue weighted by Gasteiger charge is -2.15. The lowest BCUT2D eigenvalue weighted by atomic mass is 10.1. The Balaban J connectivity index is 3.64. The van der Waals surface area contributed by atoms with E-state index in [2.05, 4.69) is 5.32 Å². The van der Waals surface area contributed by atoms with Gasteiger partial charge in [-0.05, 0) is 22.6 Å². The topological polar surface area (TPSA) is 127 Å². The van der Waals surface area contributed by atoms with Crippen molar-refractivity contribution < 1.29 is 18.1 Å². The summed E-state index contributed by atoms with van der Waals surface area (Å²) in [5.41, 5.74) is -4.22. The number of nitriles is 3. The lowest BCUT2D eigenvalue weighted by molar-refractivity contribution is -0.385. The number of hydrogen-bond acceptors (Lipinski definition) is 6. The molecule has 0 aromatic heterocycles. The molecule has 0 aliphatic heterocycles. The molecule has 1 aromatic carbocycles. The van der Waals surface area contributed by atoms with Crippen LogP contribution in [0.2, 0.25) is 0 Å². The van der Waals surface area contributed by atoms with Crippen LogP contribution in [0.3, 0.4) is 0 Å². The van der Waals surface area contributed by atoms with Crippen molar-refractivity contribution in [2.45, 2.75) is 6.18 Å². The van der Waals surface area contributed by atoms with Crippen LogP contribution in [0.1, 0.15) is 5.56 Å². The molecule has 0 amide bonds. The number of nitro benzene ring substituents is 1. The third-order valence-electron chi connectivity index (χ3n) is 2.43. The molecule has 0 spiro atoms. The molecule has 0 fully saturated rings. The molecule has 116 valence electrons. The molecule has 23 heavy (non-hydrogen) atoms. The van der Waals surface area contributed by atoms with E-state index >= 15 is 0 Å². The van der Waals surface area contributed by atoms with E-state index in [-0.39, 0.29) is 3.57 Å². The van der Waals surface area contributed by atoms with Crippen molar-refractivity contribution in [3.63, 3.8) is 0 Å². The van der Waals surface area contributed by atoms with Crippen molar-refractivity contribution >= 4 is 34.0 Å². The number of nitrogens with zero attached hydrogens (tertiary/aromatic N) is 4. The number of allylic oxidation sites excluding steroid dienone is 2. The largest absolute Gasteiger partial charge is 0.418 e. The SMILES string of the molecule is N#CC(C#N)=C(C#N)Nc1c(I)cc([N+](=O)[O-])cc1C(F)(F)F. The van der Waals surface area contributed by atoms with Gasteiger partial charge in [-0.25, -0.2) is 0 Å². The summed E-state index contributed by atoms with van der Waals surface area (Å²) in [6.07, 6.45) is -4.95. The minimum Gasteiger partial charge on any atom is -0.344 e. The van der Waals surface area contributed by atoms with E-state index in [1.807, 2.05) is 0 Å². The average molecular weight is 433 g/mol. The van der Waals surface area contributed by atoms with Crippen LogP contribution in [0.25, 0.3) is 0 Å². The van der Waals surface area contributed by atoms with Crippen LogP contribution in [-0.2, 0) is 6.18 Å². The van der Waals surface area contributed by atoms with Crippen molar-refractivity contribution in [2.75, 3.05) is 5.32 Å². The summed E-state index contributed by atoms with van der Waals surface area (Å²) in [4.78, 5) is 9.70. The molecule has 0 bridgehead atoms. The number of benzene rings is 1. The van der Waals surface area contributed by atoms with Crippen LogP contribution in [0, 0.1) is 47.7 Å². The second-order valence-corrected chi connectivity index (χ2v) is 4.98. The van der Waals surface area contributed by atoms with Gasteiger partial charge >= 0.3 is 6.18 Å². The van der Waals surface area contributed by atoms with Gasteiger partial charge in [-0.2, -0.15) is 29.0 Å². The minimum atomic E-state index is -4.95. The summed E-state index contributed by atoms with van der Waals surface area (Å²) in [6, 6.07) is 5.33. The molecule has 0 unspecified atom stereocenters. The molecule has 0 atom stereocenters. The van der Waals surface area contributed by atoms with E-state index in [9.17, 15) is 23.3 Å². The van der Waals surface area contributed by atoms with Gasteiger partial charge in [0, 0.05) is 15.7 Å². The van der Waals surface area contributed by atoms with Gasteiger partial charge in [0.15, 0.2) is 5.57 Å². The minimum absolute atomic E-state index is 0.202.